The van der Waals surface area contributed by atoms with Crippen LogP contribution >= 0.6 is 0 Å². The third kappa shape index (κ3) is 3.22. The molecule has 2 heterocycles. The van der Waals surface area contributed by atoms with Gasteiger partial charge in [-0.3, -0.25) is 9.78 Å². The third-order valence-corrected chi connectivity index (χ3v) is 3.12. The molecule has 0 saturated heterocycles. The summed E-state index contributed by atoms with van der Waals surface area (Å²) < 4.78 is 10.5. The highest BCUT2D eigenvalue weighted by Crippen LogP contribution is 2.32. The number of fused-ring (bicyclic) bond motifs is 1. The predicted octanol–water partition coefficient (Wildman–Crippen LogP) is 1.25. The quantitative estimate of drug-likeness (QED) is 0.883. The van der Waals surface area contributed by atoms with Crippen molar-refractivity contribution >= 4 is 11.6 Å². The average molecular weight is 285 g/mol. The molecule has 0 radical (unpaired) electrons. The number of nitrogens with two attached hydrogens (primary N) is 1. The van der Waals surface area contributed by atoms with Crippen molar-refractivity contribution in [3.8, 4) is 11.5 Å². The molecule has 1 aliphatic heterocycles. The van der Waals surface area contributed by atoms with Gasteiger partial charge in [-0.1, -0.05) is 6.07 Å². The zero-order chi connectivity index (χ0) is 14.7. The normalized spacial score (nSPS) is 12.2. The zero-order valence-corrected chi connectivity index (χ0v) is 11.3. The first-order valence-corrected chi connectivity index (χ1v) is 6.56. The number of carbonyl (C=O) groups is 1. The number of nitrogen functional groups attached to an aromatic ring is 1. The predicted molar refractivity (Wildman–Crippen MR) is 76.8 cm³/mol. The van der Waals surface area contributed by atoms with Gasteiger partial charge in [0.15, 0.2) is 11.5 Å². The van der Waals surface area contributed by atoms with Crippen molar-refractivity contribution in [2.24, 2.45) is 0 Å². The Bertz CT molecular complexity index is 656. The summed E-state index contributed by atoms with van der Waals surface area (Å²) in [5.74, 6) is 1.35. The maximum atomic E-state index is 11.9. The number of rotatable bonds is 4. The molecule has 1 aromatic heterocycles. The van der Waals surface area contributed by atoms with Crippen molar-refractivity contribution in [2.75, 3.05) is 12.5 Å². The molecule has 0 aliphatic carbocycles. The fourth-order valence-corrected chi connectivity index (χ4v) is 2.02. The molecule has 6 heteroatoms. The number of pyridine rings is 1. The molecule has 108 valence electrons. The van der Waals surface area contributed by atoms with Crippen molar-refractivity contribution in [2.45, 2.75) is 13.0 Å². The highest BCUT2D eigenvalue weighted by molar-refractivity contribution is 5.78. The highest BCUT2D eigenvalue weighted by Gasteiger charge is 2.13. The topological polar surface area (TPSA) is 86.5 Å². The number of aromatic nitrogens is 1. The zero-order valence-electron chi connectivity index (χ0n) is 11.3. The fraction of sp³-hybridized carbons (Fsp3) is 0.200. The number of hydrogen-bond donors (Lipinski definition) is 2. The number of benzene rings is 1. The van der Waals surface area contributed by atoms with Gasteiger partial charge in [-0.2, -0.15) is 0 Å². The van der Waals surface area contributed by atoms with Gasteiger partial charge in [0, 0.05) is 12.2 Å². The number of ether oxygens (including phenoxy) is 2. The van der Waals surface area contributed by atoms with Crippen LogP contribution < -0.4 is 20.5 Å². The molecule has 0 bridgehead atoms. The molecule has 1 amide bonds. The van der Waals surface area contributed by atoms with Crippen LogP contribution in [0.1, 0.15) is 11.3 Å². The van der Waals surface area contributed by atoms with E-state index >= 15 is 0 Å². The second-order valence-corrected chi connectivity index (χ2v) is 4.72. The minimum atomic E-state index is -0.0926. The SMILES string of the molecule is Nc1ccc(CC(=O)NCc2ccc3c(c2)OCO3)nc1. The fourth-order valence-electron chi connectivity index (χ4n) is 2.02. The molecular formula is C15H15N3O3. The van der Waals surface area contributed by atoms with Gasteiger partial charge < -0.3 is 20.5 Å². The van der Waals surface area contributed by atoms with Crippen LogP contribution in [-0.4, -0.2) is 17.7 Å². The molecule has 3 rings (SSSR count). The summed E-state index contributed by atoms with van der Waals surface area (Å²) >= 11 is 0. The monoisotopic (exact) mass is 285 g/mol. The molecule has 2 aromatic rings. The summed E-state index contributed by atoms with van der Waals surface area (Å²) in [6.45, 7) is 0.679. The first-order chi connectivity index (χ1) is 10.2. The summed E-state index contributed by atoms with van der Waals surface area (Å²) in [4.78, 5) is 16.0. The Morgan fingerprint density at radius 1 is 1.24 bits per heavy atom. The van der Waals surface area contributed by atoms with E-state index in [0.29, 0.717) is 23.7 Å². The molecule has 0 fully saturated rings. The van der Waals surface area contributed by atoms with Gasteiger partial charge in [-0.05, 0) is 29.8 Å². The van der Waals surface area contributed by atoms with Crippen molar-refractivity contribution in [1.82, 2.24) is 10.3 Å². The van der Waals surface area contributed by atoms with Crippen LogP contribution in [0.4, 0.5) is 5.69 Å². The lowest BCUT2D eigenvalue weighted by Crippen LogP contribution is -2.24. The molecule has 6 nitrogen and oxygen atoms in total. The molecule has 0 unspecified atom stereocenters. The Morgan fingerprint density at radius 2 is 2.10 bits per heavy atom. The van der Waals surface area contributed by atoms with Crippen LogP contribution in [0.2, 0.25) is 0 Å². The van der Waals surface area contributed by atoms with E-state index in [0.717, 1.165) is 11.3 Å². The van der Waals surface area contributed by atoms with E-state index in [1.54, 1.807) is 18.3 Å². The second-order valence-electron chi connectivity index (χ2n) is 4.72. The Hall–Kier alpha value is -2.76. The molecule has 3 N–H and O–H groups in total. The van der Waals surface area contributed by atoms with Crippen LogP contribution in [0.3, 0.4) is 0 Å². The van der Waals surface area contributed by atoms with Gasteiger partial charge in [0.2, 0.25) is 12.7 Å². The summed E-state index contributed by atoms with van der Waals surface area (Å²) in [5.41, 5.74) is 7.78. The van der Waals surface area contributed by atoms with E-state index in [9.17, 15) is 4.79 Å². The Kier molecular flexibility index (Phi) is 3.59. The molecule has 1 aliphatic rings. The van der Waals surface area contributed by atoms with E-state index < -0.39 is 0 Å². The molecule has 0 saturated carbocycles. The Balaban J connectivity index is 1.55. The van der Waals surface area contributed by atoms with E-state index in [4.69, 9.17) is 15.2 Å². The maximum absolute atomic E-state index is 11.9. The van der Waals surface area contributed by atoms with E-state index in [-0.39, 0.29) is 19.1 Å². The largest absolute Gasteiger partial charge is 0.454 e. The standard InChI is InChI=1S/C15H15N3O3/c16-11-2-3-12(17-8-11)6-15(19)18-7-10-1-4-13-14(5-10)21-9-20-13/h1-5,8H,6-7,9,16H2,(H,18,19). The maximum Gasteiger partial charge on any atom is 0.231 e. The van der Waals surface area contributed by atoms with Gasteiger partial charge in [-0.25, -0.2) is 0 Å². The Morgan fingerprint density at radius 3 is 2.90 bits per heavy atom. The van der Waals surface area contributed by atoms with E-state index in [1.807, 2.05) is 18.2 Å². The van der Waals surface area contributed by atoms with Gasteiger partial charge in [0.05, 0.1) is 18.3 Å². The Labute approximate surface area is 121 Å². The van der Waals surface area contributed by atoms with Gasteiger partial charge in [-0.15, -0.1) is 0 Å². The summed E-state index contributed by atoms with van der Waals surface area (Å²) in [7, 11) is 0. The average Bonchev–Trinajstić information content (AvgIpc) is 2.95. The summed E-state index contributed by atoms with van der Waals surface area (Å²) in [6, 6.07) is 9.08. The number of hydrogen-bond acceptors (Lipinski definition) is 5. The number of anilines is 1. The number of nitrogens with one attached hydrogen (secondary N) is 1. The smallest absolute Gasteiger partial charge is 0.231 e. The molecule has 0 spiro atoms. The van der Waals surface area contributed by atoms with Crippen LogP contribution in [-0.2, 0) is 17.8 Å². The second kappa shape index (κ2) is 5.70. The molecule has 0 atom stereocenters. The molecular weight excluding hydrogens is 270 g/mol. The van der Waals surface area contributed by atoms with Crippen LogP contribution in [0.5, 0.6) is 11.5 Å². The first kappa shape index (κ1) is 13.2. The van der Waals surface area contributed by atoms with Crippen LogP contribution in [0, 0.1) is 0 Å². The lowest BCUT2D eigenvalue weighted by atomic mass is 10.2. The van der Waals surface area contributed by atoms with Crippen LogP contribution in [0.15, 0.2) is 36.5 Å². The number of carbonyl (C=O) groups excluding carboxylic acids is 1. The minimum absolute atomic E-state index is 0.0926. The van der Waals surface area contributed by atoms with Crippen molar-refractivity contribution in [3.63, 3.8) is 0 Å². The number of amides is 1. The molecule has 1 aromatic carbocycles. The minimum Gasteiger partial charge on any atom is -0.454 e. The summed E-state index contributed by atoms with van der Waals surface area (Å²) in [5, 5.41) is 2.85. The lowest BCUT2D eigenvalue weighted by Gasteiger charge is -2.06. The van der Waals surface area contributed by atoms with E-state index in [1.165, 1.54) is 0 Å². The summed E-state index contributed by atoms with van der Waals surface area (Å²) in [6.07, 6.45) is 1.77. The van der Waals surface area contributed by atoms with Gasteiger partial charge in [0.1, 0.15) is 0 Å². The third-order valence-electron chi connectivity index (χ3n) is 3.12. The van der Waals surface area contributed by atoms with Gasteiger partial charge >= 0.3 is 0 Å². The highest BCUT2D eigenvalue weighted by atomic mass is 16.7. The van der Waals surface area contributed by atoms with Crippen molar-refractivity contribution in [3.05, 3.63) is 47.8 Å². The van der Waals surface area contributed by atoms with Crippen molar-refractivity contribution in [1.29, 1.82) is 0 Å². The van der Waals surface area contributed by atoms with Gasteiger partial charge in [0.25, 0.3) is 0 Å². The van der Waals surface area contributed by atoms with Crippen molar-refractivity contribution < 1.29 is 14.3 Å². The van der Waals surface area contributed by atoms with E-state index in [2.05, 4.69) is 10.3 Å². The lowest BCUT2D eigenvalue weighted by molar-refractivity contribution is -0.120. The number of nitrogens with zero attached hydrogens (tertiary/aromatic N) is 1. The first-order valence-electron chi connectivity index (χ1n) is 6.56. The van der Waals surface area contributed by atoms with Crippen LogP contribution in [0.25, 0.3) is 0 Å². The molecule has 21 heavy (non-hydrogen) atoms.